The van der Waals surface area contributed by atoms with E-state index in [0.29, 0.717) is 0 Å². The smallest absolute Gasteiger partial charge is 0.139 e. The average Bonchev–Trinajstić information content (AvgIpc) is 3.10. The summed E-state index contributed by atoms with van der Waals surface area (Å²) in [7, 11) is 0. The Bertz CT molecular complexity index is 964. The SMILES string of the molecule is Cc1onc(-c2ccccc2)c1Cn1c(C)cc2ccccc21. The minimum absolute atomic E-state index is 0.763. The Balaban J connectivity index is 1.83. The number of para-hydroxylation sites is 1. The number of rotatable bonds is 3. The van der Waals surface area contributed by atoms with Crippen molar-refractivity contribution in [3.8, 4) is 11.3 Å². The summed E-state index contributed by atoms with van der Waals surface area (Å²) >= 11 is 0. The first-order valence-electron chi connectivity index (χ1n) is 7.79. The van der Waals surface area contributed by atoms with Crippen molar-refractivity contribution in [1.29, 1.82) is 0 Å². The summed E-state index contributed by atoms with van der Waals surface area (Å²) < 4.78 is 7.81. The molecule has 0 aliphatic carbocycles. The van der Waals surface area contributed by atoms with E-state index in [2.05, 4.69) is 59.1 Å². The van der Waals surface area contributed by atoms with Gasteiger partial charge in [0.15, 0.2) is 0 Å². The monoisotopic (exact) mass is 302 g/mol. The highest BCUT2D eigenvalue weighted by Crippen LogP contribution is 2.28. The van der Waals surface area contributed by atoms with Crippen LogP contribution in [-0.2, 0) is 6.54 Å². The van der Waals surface area contributed by atoms with Crippen molar-refractivity contribution in [2.24, 2.45) is 0 Å². The highest BCUT2D eigenvalue weighted by molar-refractivity contribution is 5.81. The summed E-state index contributed by atoms with van der Waals surface area (Å²) in [5.41, 5.74) is 5.64. The van der Waals surface area contributed by atoms with Crippen LogP contribution in [-0.4, -0.2) is 9.72 Å². The molecule has 0 atom stereocenters. The van der Waals surface area contributed by atoms with E-state index in [1.807, 2.05) is 25.1 Å². The summed E-state index contributed by atoms with van der Waals surface area (Å²) in [6.45, 7) is 4.89. The second kappa shape index (κ2) is 5.43. The van der Waals surface area contributed by atoms with Gasteiger partial charge in [0.1, 0.15) is 11.5 Å². The van der Waals surface area contributed by atoms with Crippen LogP contribution in [0, 0.1) is 13.8 Å². The maximum atomic E-state index is 5.49. The molecule has 0 saturated carbocycles. The van der Waals surface area contributed by atoms with Crippen LogP contribution in [0.4, 0.5) is 0 Å². The topological polar surface area (TPSA) is 31.0 Å². The molecule has 0 bridgehead atoms. The average molecular weight is 302 g/mol. The normalized spacial score (nSPS) is 11.2. The third kappa shape index (κ3) is 2.34. The van der Waals surface area contributed by atoms with Gasteiger partial charge in [0.2, 0.25) is 0 Å². The lowest BCUT2D eigenvalue weighted by Crippen LogP contribution is -2.03. The molecule has 0 aliphatic heterocycles. The Morgan fingerprint density at radius 1 is 0.957 bits per heavy atom. The van der Waals surface area contributed by atoms with Crippen LogP contribution in [0.5, 0.6) is 0 Å². The number of nitrogens with zero attached hydrogens (tertiary/aromatic N) is 2. The van der Waals surface area contributed by atoms with Crippen molar-refractivity contribution < 1.29 is 4.52 Å². The molecule has 0 radical (unpaired) electrons. The van der Waals surface area contributed by atoms with Gasteiger partial charge in [0.25, 0.3) is 0 Å². The van der Waals surface area contributed by atoms with Crippen LogP contribution in [0.25, 0.3) is 22.2 Å². The molecule has 3 heteroatoms. The molecular formula is C20H18N2O. The zero-order valence-electron chi connectivity index (χ0n) is 13.3. The van der Waals surface area contributed by atoms with Crippen molar-refractivity contribution in [2.75, 3.05) is 0 Å². The summed E-state index contributed by atoms with van der Waals surface area (Å²) in [5.74, 6) is 0.876. The maximum absolute atomic E-state index is 5.49. The van der Waals surface area contributed by atoms with Gasteiger partial charge in [-0.1, -0.05) is 53.7 Å². The molecule has 0 aliphatic rings. The first-order valence-corrected chi connectivity index (χ1v) is 7.79. The van der Waals surface area contributed by atoms with Crippen molar-refractivity contribution in [1.82, 2.24) is 9.72 Å². The van der Waals surface area contributed by atoms with E-state index in [-0.39, 0.29) is 0 Å². The van der Waals surface area contributed by atoms with Crippen molar-refractivity contribution in [2.45, 2.75) is 20.4 Å². The van der Waals surface area contributed by atoms with E-state index in [0.717, 1.165) is 29.1 Å². The zero-order chi connectivity index (χ0) is 15.8. The Hall–Kier alpha value is -2.81. The van der Waals surface area contributed by atoms with Gasteiger partial charge in [0.05, 0.1) is 6.54 Å². The standard InChI is InChI=1S/C20H18N2O/c1-14-12-17-10-6-7-11-19(17)22(14)13-18-15(2)23-21-20(18)16-8-4-3-5-9-16/h3-12H,13H2,1-2H3. The van der Waals surface area contributed by atoms with Crippen molar-refractivity contribution in [3.05, 3.63) is 77.7 Å². The van der Waals surface area contributed by atoms with Crippen LogP contribution >= 0.6 is 0 Å². The summed E-state index contributed by atoms with van der Waals surface area (Å²) in [4.78, 5) is 0. The molecule has 2 aromatic heterocycles. The first-order chi connectivity index (χ1) is 11.2. The lowest BCUT2D eigenvalue weighted by Gasteiger charge is -2.09. The third-order valence-corrected chi connectivity index (χ3v) is 4.37. The van der Waals surface area contributed by atoms with Crippen LogP contribution in [0.3, 0.4) is 0 Å². The zero-order valence-corrected chi connectivity index (χ0v) is 13.3. The van der Waals surface area contributed by atoms with Crippen molar-refractivity contribution >= 4 is 10.9 Å². The molecule has 3 nitrogen and oxygen atoms in total. The lowest BCUT2D eigenvalue weighted by atomic mass is 10.1. The number of hydrogen-bond donors (Lipinski definition) is 0. The van der Waals surface area contributed by atoms with E-state index >= 15 is 0 Å². The fourth-order valence-corrected chi connectivity index (χ4v) is 3.12. The molecule has 0 unspecified atom stereocenters. The summed E-state index contributed by atoms with van der Waals surface area (Å²) in [5, 5.41) is 5.55. The molecule has 2 heterocycles. The third-order valence-electron chi connectivity index (χ3n) is 4.37. The van der Waals surface area contributed by atoms with Gasteiger partial charge < -0.3 is 9.09 Å². The quantitative estimate of drug-likeness (QED) is 0.535. The second-order valence-corrected chi connectivity index (χ2v) is 5.86. The van der Waals surface area contributed by atoms with Crippen LogP contribution in [0.15, 0.2) is 65.2 Å². The fourth-order valence-electron chi connectivity index (χ4n) is 3.12. The molecule has 0 saturated heterocycles. The Labute approximate surface area is 135 Å². The second-order valence-electron chi connectivity index (χ2n) is 5.86. The van der Waals surface area contributed by atoms with E-state index in [1.165, 1.54) is 16.6 Å². The molecule has 114 valence electrons. The van der Waals surface area contributed by atoms with Crippen LogP contribution in [0.2, 0.25) is 0 Å². The lowest BCUT2D eigenvalue weighted by molar-refractivity contribution is 0.398. The van der Waals surface area contributed by atoms with Gasteiger partial charge in [-0.3, -0.25) is 0 Å². The van der Waals surface area contributed by atoms with E-state index < -0.39 is 0 Å². The fraction of sp³-hybridized carbons (Fsp3) is 0.150. The Morgan fingerprint density at radius 3 is 2.52 bits per heavy atom. The van der Waals surface area contributed by atoms with Crippen molar-refractivity contribution in [3.63, 3.8) is 0 Å². The van der Waals surface area contributed by atoms with E-state index in [1.54, 1.807) is 0 Å². The van der Waals surface area contributed by atoms with Gasteiger partial charge in [-0.15, -0.1) is 0 Å². The molecule has 4 aromatic rings. The van der Waals surface area contributed by atoms with E-state index in [4.69, 9.17) is 4.52 Å². The first kappa shape index (κ1) is 13.8. The number of benzene rings is 2. The van der Waals surface area contributed by atoms with Crippen LogP contribution in [0.1, 0.15) is 17.0 Å². The number of aromatic nitrogens is 2. The summed E-state index contributed by atoms with van der Waals surface area (Å²) in [6.07, 6.45) is 0. The van der Waals surface area contributed by atoms with Gasteiger partial charge >= 0.3 is 0 Å². The van der Waals surface area contributed by atoms with Gasteiger partial charge in [0, 0.05) is 22.3 Å². The highest BCUT2D eigenvalue weighted by atomic mass is 16.5. The van der Waals surface area contributed by atoms with Gasteiger partial charge in [-0.2, -0.15) is 0 Å². The Morgan fingerprint density at radius 2 is 1.70 bits per heavy atom. The van der Waals surface area contributed by atoms with Crippen LogP contribution < -0.4 is 0 Å². The van der Waals surface area contributed by atoms with Gasteiger partial charge in [-0.05, 0) is 31.4 Å². The molecule has 0 N–H and O–H groups in total. The minimum Gasteiger partial charge on any atom is -0.361 e. The molecule has 23 heavy (non-hydrogen) atoms. The van der Waals surface area contributed by atoms with E-state index in [9.17, 15) is 0 Å². The van der Waals surface area contributed by atoms with Gasteiger partial charge in [-0.25, -0.2) is 0 Å². The largest absolute Gasteiger partial charge is 0.361 e. The molecule has 0 fully saturated rings. The highest BCUT2D eigenvalue weighted by Gasteiger charge is 2.16. The minimum atomic E-state index is 0.763. The molecule has 0 spiro atoms. The molecular weight excluding hydrogens is 284 g/mol. The number of aryl methyl sites for hydroxylation is 2. The molecule has 0 amide bonds. The maximum Gasteiger partial charge on any atom is 0.139 e. The predicted octanol–water partition coefficient (Wildman–Crippen LogP) is 4.96. The molecule has 2 aromatic carbocycles. The Kier molecular flexibility index (Phi) is 3.27. The number of fused-ring (bicyclic) bond motifs is 1. The molecule has 4 rings (SSSR count). The predicted molar refractivity (Wildman–Crippen MR) is 92.5 cm³/mol. The number of hydrogen-bond acceptors (Lipinski definition) is 2. The summed E-state index contributed by atoms with van der Waals surface area (Å²) in [6, 6.07) is 20.9.